The van der Waals surface area contributed by atoms with Gasteiger partial charge >= 0.3 is 0 Å². The lowest BCUT2D eigenvalue weighted by Crippen LogP contribution is -2.23. The van der Waals surface area contributed by atoms with Crippen molar-refractivity contribution in [3.8, 4) is 10.6 Å². The second kappa shape index (κ2) is 6.93. The summed E-state index contributed by atoms with van der Waals surface area (Å²) in [5.74, 6) is 0. The quantitative estimate of drug-likeness (QED) is 0.292. The molecule has 1 aliphatic carbocycles. The Labute approximate surface area is 164 Å². The molecule has 0 fully saturated rings. The van der Waals surface area contributed by atoms with Crippen LogP contribution in [0, 0.1) is 6.92 Å². The van der Waals surface area contributed by atoms with E-state index >= 15 is 0 Å². The van der Waals surface area contributed by atoms with Crippen molar-refractivity contribution in [1.29, 1.82) is 0 Å². The van der Waals surface area contributed by atoms with E-state index in [9.17, 15) is 0 Å². The normalized spacial score (nSPS) is 11.4. The highest BCUT2D eigenvalue weighted by atomic mass is 32.1. The molecule has 0 unspecified atom stereocenters. The van der Waals surface area contributed by atoms with Gasteiger partial charge in [-0.05, 0) is 44.5 Å². The predicted molar refractivity (Wildman–Crippen MR) is 119 cm³/mol. The Hall–Kier alpha value is -2.46. The molecular formula is C23H26N3S+. The minimum atomic E-state index is 1.02. The van der Waals surface area contributed by atoms with Crippen LogP contribution in [-0.2, 0) is 0 Å². The van der Waals surface area contributed by atoms with Crippen LogP contribution < -0.4 is 14.8 Å². The Bertz CT molecular complexity index is 1180. The monoisotopic (exact) mass is 376 g/mol. The smallest absolute Gasteiger partial charge is 0.208 e. The zero-order chi connectivity index (χ0) is 19.1. The SMILES string of the molecule is CCN(CC)c1cc(C)c2nc3c4ccccc4c(=[N+](C)C)cc-3sc2c1. The minimum Gasteiger partial charge on any atom is -0.372 e. The van der Waals surface area contributed by atoms with Gasteiger partial charge in [-0.2, -0.15) is 0 Å². The first-order valence-electron chi connectivity index (χ1n) is 9.55. The average Bonchev–Trinajstić information content (AvgIpc) is 2.67. The fourth-order valence-electron chi connectivity index (χ4n) is 3.83. The maximum absolute atomic E-state index is 5.13. The lowest BCUT2D eigenvalue weighted by atomic mass is 10.1. The van der Waals surface area contributed by atoms with E-state index in [1.165, 1.54) is 37.0 Å². The fraction of sp³-hybridized carbons (Fsp3) is 0.304. The molecule has 4 heteroatoms. The molecule has 0 atom stereocenters. The molecule has 0 N–H and O–H groups in total. The molecule has 0 amide bonds. The van der Waals surface area contributed by atoms with Crippen LogP contribution in [-0.4, -0.2) is 32.2 Å². The topological polar surface area (TPSA) is 19.1 Å². The van der Waals surface area contributed by atoms with Gasteiger partial charge in [0.2, 0.25) is 5.36 Å². The number of anilines is 1. The summed E-state index contributed by atoms with van der Waals surface area (Å²) in [5.41, 5.74) is 4.75. The lowest BCUT2D eigenvalue weighted by molar-refractivity contribution is 0.821. The second-order valence-corrected chi connectivity index (χ2v) is 8.26. The van der Waals surface area contributed by atoms with E-state index in [1.54, 1.807) is 0 Å². The Morgan fingerprint density at radius 2 is 1.70 bits per heavy atom. The van der Waals surface area contributed by atoms with E-state index in [4.69, 9.17) is 4.98 Å². The molecule has 0 radical (unpaired) electrons. The molecule has 1 heterocycles. The molecule has 0 aromatic heterocycles. The summed E-state index contributed by atoms with van der Waals surface area (Å²) in [6, 6.07) is 15.5. The second-order valence-electron chi connectivity index (χ2n) is 7.18. The first-order valence-corrected chi connectivity index (χ1v) is 10.4. The highest BCUT2D eigenvalue weighted by Crippen LogP contribution is 2.37. The molecule has 27 heavy (non-hydrogen) atoms. The van der Waals surface area contributed by atoms with Crippen LogP contribution in [0.5, 0.6) is 0 Å². The van der Waals surface area contributed by atoms with E-state index in [2.05, 4.69) is 86.8 Å². The van der Waals surface area contributed by atoms with Gasteiger partial charge in [-0.3, -0.25) is 0 Å². The van der Waals surface area contributed by atoms with E-state index < -0.39 is 0 Å². The molecule has 0 spiro atoms. The van der Waals surface area contributed by atoms with Gasteiger partial charge in [0.05, 0.1) is 26.2 Å². The summed E-state index contributed by atoms with van der Waals surface area (Å²) in [6.45, 7) is 8.63. The summed E-state index contributed by atoms with van der Waals surface area (Å²) in [7, 11) is 4.21. The van der Waals surface area contributed by atoms with Gasteiger partial charge < -0.3 is 4.90 Å². The predicted octanol–water partition coefficient (Wildman–Crippen LogP) is 4.74. The standard InChI is InChI=1S/C23H26N3S/c1-6-26(7-2)16-12-15(3)22-20(13-16)27-21-14-19(25(4)5)17-10-8-9-11-18(17)23(21)24-22/h8-14H,6-7H2,1-5H3/q+1. The summed E-state index contributed by atoms with van der Waals surface area (Å²) < 4.78 is 3.44. The molecule has 2 aromatic rings. The first-order chi connectivity index (χ1) is 13.0. The number of hydrogen-bond donors (Lipinski definition) is 0. The van der Waals surface area contributed by atoms with Crippen LogP contribution >= 0.6 is 11.3 Å². The Morgan fingerprint density at radius 1 is 1.00 bits per heavy atom. The van der Waals surface area contributed by atoms with Crippen LogP contribution in [0.4, 0.5) is 5.69 Å². The highest BCUT2D eigenvalue weighted by molar-refractivity contribution is 7.21. The largest absolute Gasteiger partial charge is 0.372 e. The van der Waals surface area contributed by atoms with E-state index in [1.807, 2.05) is 11.3 Å². The van der Waals surface area contributed by atoms with Crippen LogP contribution in [0.3, 0.4) is 0 Å². The molecule has 2 aliphatic rings. The number of benzene rings is 3. The average molecular weight is 377 g/mol. The zero-order valence-electron chi connectivity index (χ0n) is 16.7. The van der Waals surface area contributed by atoms with E-state index in [-0.39, 0.29) is 0 Å². The fourth-order valence-corrected chi connectivity index (χ4v) is 4.97. The molecule has 0 saturated heterocycles. The van der Waals surface area contributed by atoms with Crippen molar-refractivity contribution in [2.45, 2.75) is 20.8 Å². The lowest BCUT2D eigenvalue weighted by Gasteiger charge is -2.22. The Balaban J connectivity index is 2.12. The van der Waals surface area contributed by atoms with Gasteiger partial charge in [0.25, 0.3) is 0 Å². The number of aryl methyl sites for hydroxylation is 1. The number of nitrogens with zero attached hydrogens (tertiary/aromatic N) is 3. The maximum atomic E-state index is 5.13. The third-order valence-electron chi connectivity index (χ3n) is 5.26. The summed E-state index contributed by atoms with van der Waals surface area (Å²) in [5, 5.41) is 3.72. The number of rotatable bonds is 3. The van der Waals surface area contributed by atoms with Crippen molar-refractivity contribution in [2.75, 3.05) is 32.1 Å². The van der Waals surface area contributed by atoms with Crippen molar-refractivity contribution in [1.82, 2.24) is 9.56 Å². The molecule has 138 valence electrons. The Kier molecular flexibility index (Phi) is 4.60. The van der Waals surface area contributed by atoms with Crippen molar-refractivity contribution < 1.29 is 0 Å². The first kappa shape index (κ1) is 17.9. The number of hydrogen-bond acceptors (Lipinski definition) is 3. The van der Waals surface area contributed by atoms with Crippen LogP contribution in [0.15, 0.2) is 42.5 Å². The van der Waals surface area contributed by atoms with E-state index in [0.717, 1.165) is 24.3 Å². The molecular weight excluding hydrogens is 350 g/mol. The molecule has 0 saturated carbocycles. The van der Waals surface area contributed by atoms with Gasteiger partial charge in [-0.1, -0.05) is 18.2 Å². The van der Waals surface area contributed by atoms with Crippen molar-refractivity contribution in [3.63, 3.8) is 0 Å². The van der Waals surface area contributed by atoms with Crippen LogP contribution in [0.2, 0.25) is 0 Å². The third kappa shape index (κ3) is 2.98. The molecule has 1 aliphatic heterocycles. The van der Waals surface area contributed by atoms with Gasteiger partial charge in [-0.25, -0.2) is 9.56 Å². The third-order valence-corrected chi connectivity index (χ3v) is 6.33. The minimum absolute atomic E-state index is 1.02. The van der Waals surface area contributed by atoms with Crippen molar-refractivity contribution in [2.24, 2.45) is 0 Å². The van der Waals surface area contributed by atoms with Crippen LogP contribution in [0.1, 0.15) is 19.4 Å². The van der Waals surface area contributed by atoms with Gasteiger partial charge in [-0.15, -0.1) is 11.3 Å². The van der Waals surface area contributed by atoms with E-state index in [0.29, 0.717) is 0 Å². The van der Waals surface area contributed by atoms with Crippen LogP contribution in [0.25, 0.3) is 31.6 Å². The number of aromatic nitrogens is 1. The Morgan fingerprint density at radius 3 is 2.37 bits per heavy atom. The summed E-state index contributed by atoms with van der Waals surface area (Å²) in [4.78, 5) is 8.77. The molecule has 2 aromatic carbocycles. The maximum Gasteiger partial charge on any atom is 0.208 e. The molecule has 3 nitrogen and oxygen atoms in total. The van der Waals surface area contributed by atoms with Crippen molar-refractivity contribution >= 4 is 38.0 Å². The zero-order valence-corrected chi connectivity index (χ0v) is 17.5. The van der Waals surface area contributed by atoms with Gasteiger partial charge in [0, 0.05) is 30.2 Å². The van der Waals surface area contributed by atoms with Crippen molar-refractivity contribution in [3.05, 3.63) is 53.4 Å². The number of fused-ring (bicyclic) bond motifs is 4. The highest BCUT2D eigenvalue weighted by Gasteiger charge is 2.17. The summed E-state index contributed by atoms with van der Waals surface area (Å²) in [6.07, 6.45) is 0. The molecule has 0 bridgehead atoms. The summed E-state index contributed by atoms with van der Waals surface area (Å²) >= 11 is 1.85. The van der Waals surface area contributed by atoms with Gasteiger partial charge in [0.15, 0.2) is 0 Å². The van der Waals surface area contributed by atoms with Gasteiger partial charge in [0.1, 0.15) is 14.1 Å². The molecule has 4 rings (SSSR count).